The molecule has 0 radical (unpaired) electrons. The van der Waals surface area contributed by atoms with Crippen molar-refractivity contribution in [1.29, 1.82) is 0 Å². The van der Waals surface area contributed by atoms with Crippen molar-refractivity contribution in [3.63, 3.8) is 0 Å². The SMILES string of the molecule is Cc1nc(C)c(C(C)NCCC(=O)N(C)C)c(=O)[nH]1. The third-order valence-electron chi connectivity index (χ3n) is 2.99. The minimum atomic E-state index is -0.133. The first kappa shape index (κ1) is 15.4. The summed E-state index contributed by atoms with van der Waals surface area (Å²) in [5.74, 6) is 0.675. The van der Waals surface area contributed by atoms with E-state index in [1.54, 1.807) is 25.9 Å². The lowest BCUT2D eigenvalue weighted by Gasteiger charge is -2.16. The van der Waals surface area contributed by atoms with Crippen LogP contribution in [0.1, 0.15) is 36.5 Å². The van der Waals surface area contributed by atoms with Crippen LogP contribution in [-0.2, 0) is 4.79 Å². The van der Waals surface area contributed by atoms with Crippen molar-refractivity contribution < 1.29 is 4.79 Å². The fourth-order valence-electron chi connectivity index (χ4n) is 1.97. The number of amides is 1. The van der Waals surface area contributed by atoms with Crippen molar-refractivity contribution in [2.45, 2.75) is 33.2 Å². The molecule has 1 heterocycles. The van der Waals surface area contributed by atoms with Crippen molar-refractivity contribution in [2.24, 2.45) is 0 Å². The summed E-state index contributed by atoms with van der Waals surface area (Å²) in [7, 11) is 3.45. The lowest BCUT2D eigenvalue weighted by atomic mass is 10.1. The molecule has 0 fully saturated rings. The number of aryl methyl sites for hydroxylation is 2. The maximum absolute atomic E-state index is 11.9. The molecule has 0 aliphatic carbocycles. The Morgan fingerprint density at radius 2 is 2.05 bits per heavy atom. The normalized spacial score (nSPS) is 12.3. The molecule has 1 unspecified atom stereocenters. The zero-order valence-electron chi connectivity index (χ0n) is 12.2. The molecule has 1 aromatic heterocycles. The van der Waals surface area contributed by atoms with Crippen LogP contribution in [0.2, 0.25) is 0 Å². The number of H-pyrrole nitrogens is 1. The first-order valence-electron chi connectivity index (χ1n) is 6.34. The smallest absolute Gasteiger partial charge is 0.255 e. The van der Waals surface area contributed by atoms with E-state index in [9.17, 15) is 9.59 Å². The Labute approximate surface area is 113 Å². The molecule has 19 heavy (non-hydrogen) atoms. The Hall–Kier alpha value is -1.69. The van der Waals surface area contributed by atoms with Gasteiger partial charge in [0.25, 0.3) is 5.56 Å². The molecule has 1 atom stereocenters. The minimum absolute atomic E-state index is 0.0624. The van der Waals surface area contributed by atoms with E-state index in [4.69, 9.17) is 0 Å². The summed E-state index contributed by atoms with van der Waals surface area (Å²) in [6, 6.07) is -0.133. The number of aromatic amines is 1. The summed E-state index contributed by atoms with van der Waals surface area (Å²) >= 11 is 0. The zero-order valence-corrected chi connectivity index (χ0v) is 12.2. The van der Waals surface area contributed by atoms with Crippen LogP contribution in [0.15, 0.2) is 4.79 Å². The van der Waals surface area contributed by atoms with E-state index in [-0.39, 0.29) is 17.5 Å². The van der Waals surface area contributed by atoms with Crippen LogP contribution < -0.4 is 10.9 Å². The van der Waals surface area contributed by atoms with Gasteiger partial charge in [-0.3, -0.25) is 9.59 Å². The number of hydrogen-bond donors (Lipinski definition) is 2. The summed E-state index contributed by atoms with van der Waals surface area (Å²) in [5.41, 5.74) is 1.23. The van der Waals surface area contributed by atoms with Crippen LogP contribution in [0.25, 0.3) is 0 Å². The highest BCUT2D eigenvalue weighted by atomic mass is 16.2. The average molecular weight is 266 g/mol. The monoisotopic (exact) mass is 266 g/mol. The number of nitrogens with one attached hydrogen (secondary N) is 2. The van der Waals surface area contributed by atoms with Gasteiger partial charge < -0.3 is 15.2 Å². The van der Waals surface area contributed by atoms with E-state index in [0.29, 0.717) is 24.4 Å². The van der Waals surface area contributed by atoms with Gasteiger partial charge in [0.15, 0.2) is 0 Å². The van der Waals surface area contributed by atoms with E-state index < -0.39 is 0 Å². The van der Waals surface area contributed by atoms with Crippen LogP contribution in [0.3, 0.4) is 0 Å². The van der Waals surface area contributed by atoms with Crippen LogP contribution >= 0.6 is 0 Å². The average Bonchev–Trinajstić information content (AvgIpc) is 2.26. The van der Waals surface area contributed by atoms with Crippen LogP contribution in [-0.4, -0.2) is 41.4 Å². The van der Waals surface area contributed by atoms with E-state index >= 15 is 0 Å². The van der Waals surface area contributed by atoms with Crippen LogP contribution in [0.4, 0.5) is 0 Å². The molecule has 1 aromatic rings. The molecule has 2 N–H and O–H groups in total. The molecule has 0 saturated heterocycles. The fraction of sp³-hybridized carbons (Fsp3) is 0.615. The first-order chi connectivity index (χ1) is 8.82. The number of nitrogens with zero attached hydrogens (tertiary/aromatic N) is 2. The van der Waals surface area contributed by atoms with E-state index in [1.807, 2.05) is 13.8 Å². The number of rotatable bonds is 5. The number of hydrogen-bond acceptors (Lipinski definition) is 4. The molecule has 0 bridgehead atoms. The van der Waals surface area contributed by atoms with Crippen molar-refractivity contribution in [1.82, 2.24) is 20.2 Å². The van der Waals surface area contributed by atoms with Gasteiger partial charge in [-0.15, -0.1) is 0 Å². The Balaban J connectivity index is 2.67. The molecule has 0 aromatic carbocycles. The number of aromatic nitrogens is 2. The predicted octanol–water partition coefficient (Wildman–Crippen LogP) is 0.516. The quantitative estimate of drug-likeness (QED) is 0.814. The summed E-state index contributed by atoms with van der Waals surface area (Å²) in [5, 5.41) is 3.18. The van der Waals surface area contributed by atoms with Gasteiger partial charge in [-0.05, 0) is 20.8 Å². The summed E-state index contributed by atoms with van der Waals surface area (Å²) in [6.45, 7) is 6.01. The summed E-state index contributed by atoms with van der Waals surface area (Å²) in [4.78, 5) is 31.8. The van der Waals surface area contributed by atoms with Gasteiger partial charge in [0.1, 0.15) is 5.82 Å². The van der Waals surface area contributed by atoms with Gasteiger partial charge in [0, 0.05) is 38.8 Å². The largest absolute Gasteiger partial charge is 0.349 e. The predicted molar refractivity (Wildman–Crippen MR) is 74.1 cm³/mol. The Bertz CT molecular complexity index is 508. The van der Waals surface area contributed by atoms with Gasteiger partial charge in [0.05, 0.1) is 5.56 Å². The zero-order chi connectivity index (χ0) is 14.6. The third-order valence-corrected chi connectivity index (χ3v) is 2.99. The second-order valence-electron chi connectivity index (χ2n) is 4.86. The summed E-state index contributed by atoms with van der Waals surface area (Å²) < 4.78 is 0. The van der Waals surface area contributed by atoms with E-state index in [1.165, 1.54) is 0 Å². The van der Waals surface area contributed by atoms with Gasteiger partial charge >= 0.3 is 0 Å². The molecule has 1 amide bonds. The van der Waals surface area contributed by atoms with E-state index in [0.717, 1.165) is 5.69 Å². The standard InChI is InChI=1S/C13H22N4O2/c1-8(14-7-6-11(18)17(4)5)12-9(2)15-10(3)16-13(12)19/h8,14H,6-7H2,1-5H3,(H,15,16,19). The molecule has 6 nitrogen and oxygen atoms in total. The van der Waals surface area contributed by atoms with Crippen molar-refractivity contribution in [3.8, 4) is 0 Å². The molecule has 1 rings (SSSR count). The molecule has 0 spiro atoms. The van der Waals surface area contributed by atoms with Crippen molar-refractivity contribution in [3.05, 3.63) is 27.4 Å². The molecular weight excluding hydrogens is 244 g/mol. The van der Waals surface area contributed by atoms with Gasteiger partial charge in [-0.25, -0.2) is 4.98 Å². The summed E-state index contributed by atoms with van der Waals surface area (Å²) in [6.07, 6.45) is 0.410. The topological polar surface area (TPSA) is 78.1 Å². The molecular formula is C13H22N4O2. The third kappa shape index (κ3) is 4.17. The van der Waals surface area contributed by atoms with Crippen molar-refractivity contribution in [2.75, 3.05) is 20.6 Å². The molecule has 0 saturated carbocycles. The first-order valence-corrected chi connectivity index (χ1v) is 6.34. The second-order valence-corrected chi connectivity index (χ2v) is 4.86. The lowest BCUT2D eigenvalue weighted by molar-refractivity contribution is -0.128. The van der Waals surface area contributed by atoms with Gasteiger partial charge in [0.2, 0.25) is 5.91 Å². The fourth-order valence-corrected chi connectivity index (χ4v) is 1.97. The minimum Gasteiger partial charge on any atom is -0.349 e. The molecule has 0 aliphatic heterocycles. The lowest BCUT2D eigenvalue weighted by Crippen LogP contribution is -2.31. The van der Waals surface area contributed by atoms with Crippen LogP contribution in [0, 0.1) is 13.8 Å². The number of carbonyl (C=O) groups excluding carboxylic acids is 1. The van der Waals surface area contributed by atoms with Crippen LogP contribution in [0.5, 0.6) is 0 Å². The van der Waals surface area contributed by atoms with Gasteiger partial charge in [-0.2, -0.15) is 0 Å². The van der Waals surface area contributed by atoms with Crippen molar-refractivity contribution >= 4 is 5.91 Å². The van der Waals surface area contributed by atoms with Gasteiger partial charge in [-0.1, -0.05) is 0 Å². The second kappa shape index (κ2) is 6.47. The highest BCUT2D eigenvalue weighted by Crippen LogP contribution is 2.10. The molecule has 6 heteroatoms. The maximum atomic E-state index is 11.9. The number of carbonyl (C=O) groups is 1. The molecule has 106 valence electrons. The molecule has 0 aliphatic rings. The highest BCUT2D eigenvalue weighted by molar-refractivity contribution is 5.75. The van der Waals surface area contributed by atoms with E-state index in [2.05, 4.69) is 15.3 Å². The Morgan fingerprint density at radius 1 is 1.42 bits per heavy atom. The maximum Gasteiger partial charge on any atom is 0.255 e. The Kier molecular flexibility index (Phi) is 5.23. The highest BCUT2D eigenvalue weighted by Gasteiger charge is 2.14. The Morgan fingerprint density at radius 3 is 2.58 bits per heavy atom.